The molecule has 0 aromatic rings. The highest BCUT2D eigenvalue weighted by Gasteiger charge is 2.37. The molecule has 0 aromatic carbocycles. The predicted octanol–water partition coefficient (Wildman–Crippen LogP) is 3.26. The van der Waals surface area contributed by atoms with Gasteiger partial charge in [-0.2, -0.15) is 26.3 Å². The molecule has 0 aliphatic heterocycles. The van der Waals surface area contributed by atoms with E-state index in [1.54, 1.807) is 0 Å². The van der Waals surface area contributed by atoms with E-state index in [-0.39, 0.29) is 7.43 Å². The number of rotatable bonds is 1. The second kappa shape index (κ2) is 11.6. The molecule has 0 unspecified atom stereocenters. The maximum absolute atomic E-state index is 10.7. The lowest BCUT2D eigenvalue weighted by molar-refractivity contribution is -0.0522. The second-order valence-corrected chi connectivity index (χ2v) is 13.8. The van der Waals surface area contributed by atoms with E-state index in [9.17, 15) is 26.3 Å². The summed E-state index contributed by atoms with van der Waals surface area (Å²) >= 11 is 0. The van der Waals surface area contributed by atoms with Crippen molar-refractivity contribution in [3.63, 3.8) is 0 Å². The van der Waals surface area contributed by atoms with Crippen molar-refractivity contribution in [2.24, 2.45) is 0 Å². The largest absolute Gasteiger partial charge is 0.741 e. The summed E-state index contributed by atoms with van der Waals surface area (Å²) in [5, 5.41) is 2.91. The van der Waals surface area contributed by atoms with Gasteiger partial charge in [-0.25, -0.2) is 16.8 Å². The molecule has 2 aliphatic rings. The summed E-state index contributed by atoms with van der Waals surface area (Å²) < 4.78 is 123. The maximum atomic E-state index is 10.7. The molecule has 0 atom stereocenters. The zero-order chi connectivity index (χ0) is 24.1. The Labute approximate surface area is 174 Å². The molecule has 0 saturated carbocycles. The van der Waals surface area contributed by atoms with Crippen LogP contribution in [0.4, 0.5) is 26.3 Å². The van der Waals surface area contributed by atoms with Crippen LogP contribution < -0.4 is 0 Å². The lowest BCUT2D eigenvalue weighted by Gasteiger charge is -2.10. The monoisotopic (exact) mass is 521 g/mol. The lowest BCUT2D eigenvalue weighted by Crippen LogP contribution is -2.23. The third-order valence-corrected chi connectivity index (χ3v) is 5.99. The van der Waals surface area contributed by atoms with E-state index in [1.807, 2.05) is 0 Å². The SMILES string of the molecule is C.C[Si](C)(C)O[Si].Cc1cc2ccc1=2.O=S(=O)([O-])C(F)(F)F.O=S(=O)([O-])C(F)(F)F. The summed E-state index contributed by atoms with van der Waals surface area (Å²) in [6, 6.07) is 6.50. The topological polar surface area (TPSA) is 124 Å². The first-order valence-electron chi connectivity index (χ1n) is 6.94. The van der Waals surface area contributed by atoms with E-state index in [0.29, 0.717) is 0 Å². The van der Waals surface area contributed by atoms with Gasteiger partial charge in [0.15, 0.2) is 28.6 Å². The molecule has 0 amide bonds. The fourth-order valence-electron chi connectivity index (χ4n) is 0.981. The van der Waals surface area contributed by atoms with Crippen LogP contribution in [0.2, 0.25) is 19.6 Å². The minimum Gasteiger partial charge on any atom is -0.741 e. The Bertz CT molecular complexity index is 927. The molecule has 0 heterocycles. The standard InChI is InChI=1S/C7H6.C3H9OSi2.2CHF3O3S.CH4/c1-5-4-6-2-3-7(5)6;1-6(2,3)4-5;2*2-1(3,4)8(5,6)7;/h2-4H,1H3;1-3H3;2*(H,5,6,7);1H4/p-2. The summed E-state index contributed by atoms with van der Waals surface area (Å²) in [4.78, 5) is 0. The van der Waals surface area contributed by atoms with Crippen molar-refractivity contribution >= 4 is 39.0 Å². The Balaban J connectivity index is -0.000000322. The van der Waals surface area contributed by atoms with Gasteiger partial charge in [-0.15, -0.1) is 0 Å². The molecule has 2 rings (SSSR count). The second-order valence-electron chi connectivity index (χ2n) is 6.04. The molecule has 0 aromatic heterocycles. The van der Waals surface area contributed by atoms with Gasteiger partial charge in [-0.05, 0) is 42.6 Å². The Morgan fingerprint density at radius 1 is 0.900 bits per heavy atom. The summed E-state index contributed by atoms with van der Waals surface area (Å²) in [6.45, 7) is 8.47. The fourth-order valence-corrected chi connectivity index (χ4v) is 0.981. The molecule has 0 fully saturated rings. The molecular formula is C13H19F6O7S2Si2-2. The summed E-state index contributed by atoms with van der Waals surface area (Å²) in [7, 11) is -10.4. The molecular weight excluding hydrogens is 502 g/mol. The van der Waals surface area contributed by atoms with Gasteiger partial charge in [0.05, 0.1) is 0 Å². The number of alkyl halides is 6. The molecule has 2 aliphatic carbocycles. The number of hydrogen-bond donors (Lipinski definition) is 0. The quantitative estimate of drug-likeness (QED) is 0.244. The predicted molar refractivity (Wildman–Crippen MR) is 97.3 cm³/mol. The van der Waals surface area contributed by atoms with Crippen molar-refractivity contribution in [2.75, 3.05) is 0 Å². The van der Waals surface area contributed by atoms with E-state index in [2.05, 4.69) is 55.2 Å². The van der Waals surface area contributed by atoms with Crippen molar-refractivity contribution in [2.45, 2.75) is 45.0 Å². The first-order chi connectivity index (χ1) is 12.4. The van der Waals surface area contributed by atoms with Crippen LogP contribution in [0.3, 0.4) is 0 Å². The van der Waals surface area contributed by atoms with Crippen LogP contribution in [0.25, 0.3) is 0 Å². The van der Waals surface area contributed by atoms with Crippen LogP contribution in [0.5, 0.6) is 0 Å². The van der Waals surface area contributed by atoms with Gasteiger partial charge in [-0.3, -0.25) is 0 Å². The van der Waals surface area contributed by atoms with Gasteiger partial charge >= 0.3 is 11.0 Å². The van der Waals surface area contributed by atoms with Crippen LogP contribution in [0.15, 0.2) is 18.2 Å². The minimum atomic E-state index is -6.09. The Hall–Kier alpha value is -0.986. The van der Waals surface area contributed by atoms with Gasteiger partial charge in [-0.1, -0.05) is 25.6 Å². The van der Waals surface area contributed by atoms with E-state index in [0.717, 1.165) is 0 Å². The normalized spacial score (nSPS) is 12.6. The number of halogens is 6. The third-order valence-electron chi connectivity index (χ3n) is 2.41. The van der Waals surface area contributed by atoms with E-state index >= 15 is 0 Å². The minimum absolute atomic E-state index is 0. The lowest BCUT2D eigenvalue weighted by atomic mass is 10.0. The molecule has 7 nitrogen and oxygen atoms in total. The fraction of sp³-hybridized carbons (Fsp3) is 0.538. The Morgan fingerprint density at radius 3 is 1.17 bits per heavy atom. The number of aryl methyl sites for hydroxylation is 1. The maximum Gasteiger partial charge on any atom is 0.485 e. The molecule has 0 N–H and O–H groups in total. The highest BCUT2D eigenvalue weighted by Crippen LogP contribution is 2.21. The average Bonchev–Trinajstić information content (AvgIpc) is 2.41. The molecule has 17 heteroatoms. The van der Waals surface area contributed by atoms with Crippen molar-refractivity contribution in [3.05, 3.63) is 34.2 Å². The zero-order valence-electron chi connectivity index (χ0n) is 15.2. The van der Waals surface area contributed by atoms with Gasteiger partial charge in [0.2, 0.25) is 10.5 Å². The van der Waals surface area contributed by atoms with Crippen LogP contribution in [-0.2, 0) is 24.4 Å². The zero-order valence-corrected chi connectivity index (χ0v) is 18.8. The molecule has 0 spiro atoms. The summed E-state index contributed by atoms with van der Waals surface area (Å²) in [5.41, 5.74) is -9.85. The van der Waals surface area contributed by atoms with Gasteiger partial charge in [0.1, 0.15) is 0 Å². The van der Waals surface area contributed by atoms with Crippen LogP contribution >= 0.6 is 0 Å². The summed E-state index contributed by atoms with van der Waals surface area (Å²) in [5.74, 6) is 0. The highest BCUT2D eigenvalue weighted by atomic mass is 32.2. The van der Waals surface area contributed by atoms with E-state index < -0.39 is 39.6 Å². The Morgan fingerprint density at radius 2 is 1.17 bits per heavy atom. The van der Waals surface area contributed by atoms with Crippen molar-refractivity contribution in [3.8, 4) is 0 Å². The van der Waals surface area contributed by atoms with E-state index in [4.69, 9.17) is 30.1 Å². The van der Waals surface area contributed by atoms with E-state index in [1.165, 1.54) is 16.0 Å². The third kappa shape index (κ3) is 13.3. The molecule has 177 valence electrons. The van der Waals surface area contributed by atoms with Crippen LogP contribution in [0.1, 0.15) is 13.0 Å². The number of hydrogen-bond acceptors (Lipinski definition) is 7. The van der Waals surface area contributed by atoms with Crippen molar-refractivity contribution < 1.29 is 56.4 Å². The Kier molecular flexibility index (Phi) is 13.0. The van der Waals surface area contributed by atoms with Crippen molar-refractivity contribution in [1.82, 2.24) is 0 Å². The summed E-state index contributed by atoms with van der Waals surface area (Å²) in [6.07, 6.45) is 0. The first-order valence-corrected chi connectivity index (χ1v) is 13.6. The molecule has 30 heavy (non-hydrogen) atoms. The smallest absolute Gasteiger partial charge is 0.485 e. The van der Waals surface area contributed by atoms with Gasteiger partial charge in [0, 0.05) is 0 Å². The van der Waals surface area contributed by atoms with Crippen LogP contribution in [-0.4, -0.2) is 55.8 Å². The van der Waals surface area contributed by atoms with Crippen molar-refractivity contribution in [1.29, 1.82) is 0 Å². The molecule has 0 saturated heterocycles. The average molecular weight is 522 g/mol. The molecule has 0 bridgehead atoms. The number of benzene rings is 1. The van der Waals surface area contributed by atoms with Gasteiger partial charge < -0.3 is 13.2 Å². The first kappa shape index (κ1) is 33.6. The molecule has 3 radical (unpaired) electrons. The van der Waals surface area contributed by atoms with Crippen LogP contribution in [0, 0.1) is 17.4 Å². The highest BCUT2D eigenvalue weighted by molar-refractivity contribution is 7.86. The van der Waals surface area contributed by atoms with Gasteiger partial charge in [0.25, 0.3) is 0 Å².